The number of aliphatic hydroxyl groups is 1. The lowest BCUT2D eigenvalue weighted by atomic mass is 10.2. The summed E-state index contributed by atoms with van der Waals surface area (Å²) in [5.41, 5.74) is 1.66. The minimum Gasteiger partial charge on any atom is -0.390 e. The SMILES string of the molecule is C[C@H]1CN(C(=O)CSc2nc(CO)cn2Cc2ccc(Cl)cc2)C[C@H](C)O1. The number of amides is 1. The molecular formula is C19H24ClN3O3S. The van der Waals surface area contributed by atoms with Crippen LogP contribution in [0.2, 0.25) is 5.02 Å². The maximum Gasteiger partial charge on any atom is 0.233 e. The van der Waals surface area contributed by atoms with Gasteiger partial charge in [0.1, 0.15) is 0 Å². The van der Waals surface area contributed by atoms with Crippen LogP contribution in [-0.4, -0.2) is 56.5 Å². The molecule has 8 heteroatoms. The van der Waals surface area contributed by atoms with E-state index in [-0.39, 0.29) is 24.7 Å². The van der Waals surface area contributed by atoms with Crippen molar-refractivity contribution in [2.75, 3.05) is 18.8 Å². The minimum atomic E-state index is -0.131. The first kappa shape index (κ1) is 20.2. The third-order valence-electron chi connectivity index (χ3n) is 4.32. The summed E-state index contributed by atoms with van der Waals surface area (Å²) in [6.45, 7) is 5.67. The Morgan fingerprint density at radius 3 is 2.59 bits per heavy atom. The summed E-state index contributed by atoms with van der Waals surface area (Å²) in [6.07, 6.45) is 1.92. The van der Waals surface area contributed by atoms with E-state index in [4.69, 9.17) is 16.3 Å². The molecule has 2 heterocycles. The number of hydrogen-bond donors (Lipinski definition) is 1. The lowest BCUT2D eigenvalue weighted by Crippen LogP contribution is -2.48. The van der Waals surface area contributed by atoms with Crippen LogP contribution >= 0.6 is 23.4 Å². The molecule has 1 aromatic heterocycles. The van der Waals surface area contributed by atoms with E-state index in [9.17, 15) is 9.90 Å². The van der Waals surface area contributed by atoms with Crippen LogP contribution < -0.4 is 0 Å². The molecule has 27 heavy (non-hydrogen) atoms. The number of nitrogens with zero attached hydrogens (tertiary/aromatic N) is 3. The molecule has 0 radical (unpaired) electrons. The fourth-order valence-corrected chi connectivity index (χ4v) is 4.17. The Morgan fingerprint density at radius 1 is 1.30 bits per heavy atom. The zero-order chi connectivity index (χ0) is 19.4. The molecule has 0 aliphatic carbocycles. The topological polar surface area (TPSA) is 67.6 Å². The summed E-state index contributed by atoms with van der Waals surface area (Å²) in [4.78, 5) is 18.9. The molecule has 1 aliphatic rings. The van der Waals surface area contributed by atoms with Crippen molar-refractivity contribution in [1.82, 2.24) is 14.5 Å². The highest BCUT2D eigenvalue weighted by atomic mass is 35.5. The van der Waals surface area contributed by atoms with Crippen molar-refractivity contribution in [2.45, 2.75) is 44.4 Å². The number of aliphatic hydroxyl groups excluding tert-OH is 1. The lowest BCUT2D eigenvalue weighted by Gasteiger charge is -2.35. The third kappa shape index (κ3) is 5.48. The van der Waals surface area contributed by atoms with E-state index in [2.05, 4.69) is 4.98 Å². The van der Waals surface area contributed by atoms with Gasteiger partial charge in [-0.2, -0.15) is 0 Å². The second-order valence-corrected chi connectivity index (χ2v) is 8.15. The summed E-state index contributed by atoms with van der Waals surface area (Å²) in [5, 5.41) is 10.8. The predicted molar refractivity (Wildman–Crippen MR) is 106 cm³/mol. The Balaban J connectivity index is 1.66. The van der Waals surface area contributed by atoms with Crippen molar-refractivity contribution in [1.29, 1.82) is 0 Å². The number of hydrogen-bond acceptors (Lipinski definition) is 5. The molecule has 2 aromatic rings. The Kier molecular flexibility index (Phi) is 6.81. The largest absolute Gasteiger partial charge is 0.390 e. The molecule has 1 saturated heterocycles. The van der Waals surface area contributed by atoms with E-state index in [1.54, 1.807) is 0 Å². The molecule has 3 rings (SSSR count). The number of carbonyl (C=O) groups is 1. The van der Waals surface area contributed by atoms with Gasteiger partial charge in [-0.25, -0.2) is 4.98 Å². The second kappa shape index (κ2) is 9.10. The maximum absolute atomic E-state index is 12.6. The van der Waals surface area contributed by atoms with Gasteiger partial charge in [0.25, 0.3) is 0 Å². The van der Waals surface area contributed by atoms with Gasteiger partial charge in [-0.1, -0.05) is 35.5 Å². The van der Waals surface area contributed by atoms with E-state index in [1.807, 2.05) is 53.8 Å². The molecule has 146 valence electrons. The van der Waals surface area contributed by atoms with Crippen LogP contribution in [0, 0.1) is 0 Å². The fraction of sp³-hybridized carbons (Fsp3) is 0.474. The van der Waals surface area contributed by atoms with Crippen molar-refractivity contribution in [2.24, 2.45) is 0 Å². The second-order valence-electron chi connectivity index (χ2n) is 6.77. The number of rotatable bonds is 6. The maximum atomic E-state index is 12.6. The third-order valence-corrected chi connectivity index (χ3v) is 5.54. The Morgan fingerprint density at radius 2 is 1.96 bits per heavy atom. The van der Waals surface area contributed by atoms with Crippen LogP contribution in [0.3, 0.4) is 0 Å². The van der Waals surface area contributed by atoms with Crippen molar-refractivity contribution in [3.05, 3.63) is 46.7 Å². The van der Waals surface area contributed by atoms with Crippen LogP contribution in [-0.2, 0) is 22.7 Å². The average molecular weight is 410 g/mol. The van der Waals surface area contributed by atoms with Gasteiger partial charge in [0.15, 0.2) is 5.16 Å². The van der Waals surface area contributed by atoms with Gasteiger partial charge in [-0.15, -0.1) is 0 Å². The smallest absolute Gasteiger partial charge is 0.233 e. The number of benzene rings is 1. The molecule has 6 nitrogen and oxygen atoms in total. The first-order valence-electron chi connectivity index (χ1n) is 8.92. The Bertz CT molecular complexity index is 771. The summed E-state index contributed by atoms with van der Waals surface area (Å²) in [7, 11) is 0. The van der Waals surface area contributed by atoms with E-state index >= 15 is 0 Å². The van der Waals surface area contributed by atoms with Crippen LogP contribution in [0.5, 0.6) is 0 Å². The van der Waals surface area contributed by atoms with E-state index < -0.39 is 0 Å². The molecule has 2 atom stereocenters. The van der Waals surface area contributed by atoms with E-state index in [0.29, 0.717) is 36.1 Å². The van der Waals surface area contributed by atoms with E-state index in [1.165, 1.54) is 11.8 Å². The Hall–Kier alpha value is -1.54. The zero-order valence-corrected chi connectivity index (χ0v) is 17.0. The first-order chi connectivity index (χ1) is 12.9. The molecule has 0 bridgehead atoms. The standard InChI is InChI=1S/C19H24ClN3O3S/c1-13-7-22(8-14(2)26-13)18(25)12-27-19-21-17(11-24)10-23(19)9-15-3-5-16(20)6-4-15/h3-6,10,13-14,24H,7-9,11-12H2,1-2H3/t13-,14-/m0/s1. The normalized spacial score (nSPS) is 20.1. The van der Waals surface area contributed by atoms with Gasteiger partial charge in [0.05, 0.1) is 30.3 Å². The number of aromatic nitrogens is 2. The summed E-state index contributed by atoms with van der Waals surface area (Å²) < 4.78 is 7.64. The Labute approximate surface area is 168 Å². The molecule has 1 aliphatic heterocycles. The van der Waals surface area contributed by atoms with Crippen LogP contribution in [0.4, 0.5) is 0 Å². The minimum absolute atomic E-state index is 0.0515. The number of morpholine rings is 1. The molecule has 1 amide bonds. The van der Waals surface area contributed by atoms with Crippen molar-refractivity contribution in [3.8, 4) is 0 Å². The molecular weight excluding hydrogens is 386 g/mol. The van der Waals surface area contributed by atoms with Gasteiger partial charge in [-0.3, -0.25) is 4.79 Å². The quantitative estimate of drug-likeness (QED) is 0.743. The number of imidazole rings is 1. The molecule has 0 spiro atoms. The molecule has 0 saturated carbocycles. The fourth-order valence-electron chi connectivity index (χ4n) is 3.14. The number of ether oxygens (including phenoxy) is 1. The summed E-state index contributed by atoms with van der Waals surface area (Å²) in [5.74, 6) is 0.385. The van der Waals surface area contributed by atoms with Gasteiger partial charge in [0, 0.05) is 30.9 Å². The molecule has 0 unspecified atom stereocenters. The lowest BCUT2D eigenvalue weighted by molar-refractivity contribution is -0.140. The van der Waals surface area contributed by atoms with Crippen molar-refractivity contribution < 1.29 is 14.6 Å². The highest BCUT2D eigenvalue weighted by Gasteiger charge is 2.26. The highest BCUT2D eigenvalue weighted by Crippen LogP contribution is 2.22. The van der Waals surface area contributed by atoms with Gasteiger partial charge >= 0.3 is 0 Å². The molecule has 1 fully saturated rings. The first-order valence-corrected chi connectivity index (χ1v) is 10.3. The van der Waals surface area contributed by atoms with Gasteiger partial charge in [0.2, 0.25) is 5.91 Å². The highest BCUT2D eigenvalue weighted by molar-refractivity contribution is 7.99. The molecule has 1 aromatic carbocycles. The van der Waals surface area contributed by atoms with Crippen LogP contribution in [0.1, 0.15) is 25.1 Å². The predicted octanol–water partition coefficient (Wildman–Crippen LogP) is 2.81. The van der Waals surface area contributed by atoms with Crippen LogP contribution in [0.25, 0.3) is 0 Å². The van der Waals surface area contributed by atoms with Gasteiger partial charge in [-0.05, 0) is 31.5 Å². The van der Waals surface area contributed by atoms with Gasteiger partial charge < -0.3 is 19.3 Å². The molecule has 1 N–H and O–H groups in total. The summed E-state index contributed by atoms with van der Waals surface area (Å²) in [6, 6.07) is 7.60. The van der Waals surface area contributed by atoms with Crippen molar-refractivity contribution in [3.63, 3.8) is 0 Å². The van der Waals surface area contributed by atoms with Crippen LogP contribution in [0.15, 0.2) is 35.6 Å². The number of thioether (sulfide) groups is 1. The average Bonchev–Trinajstić information content (AvgIpc) is 3.02. The zero-order valence-electron chi connectivity index (χ0n) is 15.5. The van der Waals surface area contributed by atoms with Crippen molar-refractivity contribution >= 4 is 29.3 Å². The number of halogens is 1. The number of carbonyl (C=O) groups excluding carboxylic acids is 1. The summed E-state index contributed by atoms with van der Waals surface area (Å²) >= 11 is 7.34. The monoisotopic (exact) mass is 409 g/mol. The van der Waals surface area contributed by atoms with E-state index in [0.717, 1.165) is 10.7 Å².